The molecular formula is C27H35N3O3. The maximum atomic E-state index is 12.7. The molecule has 0 radical (unpaired) electrons. The second kappa shape index (κ2) is 12.5. The van der Waals surface area contributed by atoms with E-state index >= 15 is 0 Å². The van der Waals surface area contributed by atoms with Crippen LogP contribution in [0.2, 0.25) is 0 Å². The highest BCUT2D eigenvalue weighted by molar-refractivity contribution is 5.81. The molecule has 1 saturated heterocycles. The Kier molecular flexibility index (Phi) is 9.44. The maximum absolute atomic E-state index is 12.7. The number of carbonyl (C=O) groups is 1. The summed E-state index contributed by atoms with van der Waals surface area (Å²) < 4.78 is 6.46. The minimum Gasteiger partial charge on any atom is -0.356 e. The first-order chi connectivity index (χ1) is 16.0. The van der Waals surface area contributed by atoms with Crippen LogP contribution in [0.4, 0.5) is 0 Å². The summed E-state index contributed by atoms with van der Waals surface area (Å²) in [4.78, 5) is 18.1. The molecule has 1 aliphatic heterocycles. The molecule has 0 aromatic heterocycles. The zero-order valence-corrected chi connectivity index (χ0v) is 19.9. The van der Waals surface area contributed by atoms with Gasteiger partial charge in [0.25, 0.3) is 0 Å². The largest absolute Gasteiger partial charge is 0.356 e. The zero-order chi connectivity index (χ0) is 23.6. The predicted octanol–water partition coefficient (Wildman–Crippen LogP) is 4.59. The van der Waals surface area contributed by atoms with Crippen LogP contribution >= 0.6 is 0 Å². The highest BCUT2D eigenvalue weighted by Gasteiger charge is 2.27. The number of nitrogens with one attached hydrogen (secondary N) is 1. The third kappa shape index (κ3) is 7.13. The van der Waals surface area contributed by atoms with Gasteiger partial charge in [-0.2, -0.15) is 10.3 Å². The van der Waals surface area contributed by atoms with E-state index in [1.54, 1.807) is 7.11 Å². The second-order valence-corrected chi connectivity index (χ2v) is 8.97. The van der Waals surface area contributed by atoms with Crippen LogP contribution in [-0.4, -0.2) is 43.8 Å². The van der Waals surface area contributed by atoms with Gasteiger partial charge in [-0.15, -0.1) is 0 Å². The summed E-state index contributed by atoms with van der Waals surface area (Å²) in [5, 5.41) is 13.5. The summed E-state index contributed by atoms with van der Waals surface area (Å²) in [6.07, 6.45) is 1.72. The van der Waals surface area contributed by atoms with Crippen molar-refractivity contribution in [1.82, 2.24) is 10.4 Å². The summed E-state index contributed by atoms with van der Waals surface area (Å²) in [6, 6.07) is 20.6. The molecule has 1 N–H and O–H groups in total. The summed E-state index contributed by atoms with van der Waals surface area (Å²) in [5.41, 5.74) is 3.34. The van der Waals surface area contributed by atoms with E-state index in [9.17, 15) is 4.79 Å². The van der Waals surface area contributed by atoms with Gasteiger partial charge in [-0.1, -0.05) is 68.4 Å². The molecule has 2 aromatic rings. The molecule has 2 atom stereocenters. The summed E-state index contributed by atoms with van der Waals surface area (Å²) >= 11 is 0. The fourth-order valence-corrected chi connectivity index (χ4v) is 4.35. The molecule has 6 nitrogen and oxygen atoms in total. The topological polar surface area (TPSA) is 74.6 Å². The number of hydrogen-bond acceptors (Lipinski definition) is 5. The number of hydrogen-bond donors (Lipinski definition) is 1. The molecule has 1 fully saturated rings. The Morgan fingerprint density at radius 1 is 1.09 bits per heavy atom. The number of piperidine rings is 1. The average Bonchev–Trinajstić information content (AvgIpc) is 2.85. The van der Waals surface area contributed by atoms with Gasteiger partial charge < -0.3 is 14.9 Å². The number of ether oxygens (including phenoxy) is 1. The van der Waals surface area contributed by atoms with E-state index in [4.69, 9.17) is 14.8 Å². The molecule has 33 heavy (non-hydrogen) atoms. The SMILES string of the molecule is CON1CCC(c2ccc(C(O[C@@H](CC(C)C)C(=O)NCC#N)c3ccccc3)cc2)CC1. The molecule has 2 aromatic carbocycles. The number of rotatable bonds is 10. The van der Waals surface area contributed by atoms with Crippen LogP contribution in [-0.2, 0) is 14.4 Å². The zero-order valence-electron chi connectivity index (χ0n) is 19.9. The number of amides is 1. The van der Waals surface area contributed by atoms with Crippen molar-refractivity contribution in [1.29, 1.82) is 5.26 Å². The van der Waals surface area contributed by atoms with Crippen molar-refractivity contribution in [3.63, 3.8) is 0 Å². The summed E-state index contributed by atoms with van der Waals surface area (Å²) in [7, 11) is 1.73. The third-order valence-corrected chi connectivity index (χ3v) is 6.15. The first-order valence-electron chi connectivity index (χ1n) is 11.8. The number of nitrogens with zero attached hydrogens (tertiary/aromatic N) is 2. The van der Waals surface area contributed by atoms with E-state index in [0.29, 0.717) is 12.3 Å². The quantitative estimate of drug-likeness (QED) is 0.537. The van der Waals surface area contributed by atoms with Crippen molar-refractivity contribution in [2.24, 2.45) is 5.92 Å². The number of carbonyl (C=O) groups excluding carboxylic acids is 1. The Bertz CT molecular complexity index is 900. The lowest BCUT2D eigenvalue weighted by atomic mass is 9.88. The molecule has 1 amide bonds. The monoisotopic (exact) mass is 449 g/mol. The van der Waals surface area contributed by atoms with Gasteiger partial charge in [0, 0.05) is 13.1 Å². The van der Waals surface area contributed by atoms with E-state index < -0.39 is 6.10 Å². The Hall–Kier alpha value is -2.72. The van der Waals surface area contributed by atoms with Crippen LogP contribution in [0.1, 0.15) is 61.8 Å². The molecule has 0 bridgehead atoms. The van der Waals surface area contributed by atoms with Gasteiger partial charge in [0.1, 0.15) is 18.8 Å². The van der Waals surface area contributed by atoms with Crippen molar-refractivity contribution >= 4 is 5.91 Å². The van der Waals surface area contributed by atoms with Gasteiger partial charge in [-0.3, -0.25) is 4.79 Å². The lowest BCUT2D eigenvalue weighted by Crippen LogP contribution is -2.38. The maximum Gasteiger partial charge on any atom is 0.250 e. The highest BCUT2D eigenvalue weighted by atomic mass is 16.7. The standard InChI is InChI=1S/C27H35N3O3/c1-20(2)19-25(27(31)29-16-15-28)33-26(23-7-5-4-6-8-23)24-11-9-21(10-12-24)22-13-17-30(32-3)18-14-22/h4-12,20,22,25-26H,13-14,16-19H2,1-3H3,(H,29,31)/t25-,26?/m0/s1. The molecule has 1 unspecified atom stereocenters. The van der Waals surface area contributed by atoms with Crippen LogP contribution in [0.5, 0.6) is 0 Å². The number of benzene rings is 2. The van der Waals surface area contributed by atoms with E-state index in [-0.39, 0.29) is 24.5 Å². The van der Waals surface area contributed by atoms with Crippen LogP contribution in [0.3, 0.4) is 0 Å². The van der Waals surface area contributed by atoms with Crippen LogP contribution in [0.25, 0.3) is 0 Å². The smallest absolute Gasteiger partial charge is 0.250 e. The lowest BCUT2D eigenvalue weighted by Gasteiger charge is -2.30. The fourth-order valence-electron chi connectivity index (χ4n) is 4.35. The average molecular weight is 450 g/mol. The van der Waals surface area contributed by atoms with E-state index in [2.05, 4.69) is 43.4 Å². The van der Waals surface area contributed by atoms with Gasteiger partial charge in [0.05, 0.1) is 13.2 Å². The lowest BCUT2D eigenvalue weighted by molar-refractivity contribution is -0.143. The normalized spacial score (nSPS) is 16.8. The minimum atomic E-state index is -0.637. The van der Waals surface area contributed by atoms with Crippen molar-refractivity contribution in [3.05, 3.63) is 71.3 Å². The van der Waals surface area contributed by atoms with Crippen LogP contribution in [0.15, 0.2) is 54.6 Å². The third-order valence-electron chi connectivity index (χ3n) is 6.15. The number of nitriles is 1. The van der Waals surface area contributed by atoms with Gasteiger partial charge in [0.2, 0.25) is 5.91 Å². The second-order valence-electron chi connectivity index (χ2n) is 8.97. The van der Waals surface area contributed by atoms with E-state index in [1.165, 1.54) is 5.56 Å². The number of hydroxylamine groups is 2. The van der Waals surface area contributed by atoms with Gasteiger partial charge in [0.15, 0.2) is 0 Å². The van der Waals surface area contributed by atoms with Crippen molar-refractivity contribution in [2.45, 2.75) is 51.2 Å². The Labute approximate surface area is 197 Å². The molecule has 0 aliphatic carbocycles. The van der Waals surface area contributed by atoms with Crippen LogP contribution in [0, 0.1) is 17.2 Å². The molecule has 1 aliphatic rings. The highest BCUT2D eigenvalue weighted by Crippen LogP contribution is 2.32. The first kappa shape index (κ1) is 24.9. The summed E-state index contributed by atoms with van der Waals surface area (Å²) in [6.45, 7) is 5.98. The van der Waals surface area contributed by atoms with Crippen molar-refractivity contribution < 1.29 is 14.4 Å². The van der Waals surface area contributed by atoms with Crippen molar-refractivity contribution in [3.8, 4) is 6.07 Å². The minimum absolute atomic E-state index is 0.0244. The predicted molar refractivity (Wildman–Crippen MR) is 128 cm³/mol. The Morgan fingerprint density at radius 2 is 1.73 bits per heavy atom. The summed E-state index contributed by atoms with van der Waals surface area (Å²) in [5.74, 6) is 0.555. The molecule has 3 rings (SSSR count). The molecule has 6 heteroatoms. The Balaban J connectivity index is 1.82. The van der Waals surface area contributed by atoms with E-state index in [0.717, 1.165) is 37.1 Å². The van der Waals surface area contributed by atoms with Gasteiger partial charge in [-0.25, -0.2) is 0 Å². The van der Waals surface area contributed by atoms with Gasteiger partial charge >= 0.3 is 0 Å². The first-order valence-corrected chi connectivity index (χ1v) is 11.8. The fraction of sp³-hybridized carbons (Fsp3) is 0.481. The van der Waals surface area contributed by atoms with E-state index in [1.807, 2.05) is 41.5 Å². The molecule has 0 saturated carbocycles. The van der Waals surface area contributed by atoms with Gasteiger partial charge in [-0.05, 0) is 47.8 Å². The molecular weight excluding hydrogens is 414 g/mol. The Morgan fingerprint density at radius 3 is 2.30 bits per heavy atom. The van der Waals surface area contributed by atoms with Crippen LogP contribution < -0.4 is 5.32 Å². The van der Waals surface area contributed by atoms with Crippen molar-refractivity contribution in [2.75, 3.05) is 26.7 Å². The molecule has 0 spiro atoms. The molecule has 1 heterocycles. The molecule has 176 valence electrons.